The summed E-state index contributed by atoms with van der Waals surface area (Å²) in [6.45, 7) is 12.1. The van der Waals surface area contributed by atoms with Crippen molar-refractivity contribution in [3.63, 3.8) is 0 Å². The van der Waals surface area contributed by atoms with Gasteiger partial charge in [-0.15, -0.1) is 10.2 Å². The van der Waals surface area contributed by atoms with E-state index in [2.05, 4.69) is 132 Å². The first-order chi connectivity index (χ1) is 49.8. The molecule has 0 radical (unpaired) electrons. The molecule has 3 saturated heterocycles. The summed E-state index contributed by atoms with van der Waals surface area (Å²) in [7, 11) is 1.53. The molecule has 0 amide bonds. The molecule has 3 N–H and O–H groups in total. The van der Waals surface area contributed by atoms with E-state index in [1.54, 1.807) is 49.4 Å². The van der Waals surface area contributed by atoms with Crippen LogP contribution in [0.4, 0.5) is 34.5 Å². The zero-order valence-corrected chi connectivity index (χ0v) is 57.6. The number of methoxy groups -OCH3 is 1. The number of nitrogens with zero attached hydrogens (tertiary/aromatic N) is 16. The van der Waals surface area contributed by atoms with Gasteiger partial charge in [0.2, 0.25) is 18.2 Å². The second-order valence-electron chi connectivity index (χ2n) is 25.5. The third-order valence-corrected chi connectivity index (χ3v) is 19.0. The van der Waals surface area contributed by atoms with Gasteiger partial charge in [0.05, 0.1) is 93.8 Å². The molecule has 6 aliphatic rings. The molecule has 28 nitrogen and oxygen atoms in total. The highest BCUT2D eigenvalue weighted by molar-refractivity contribution is 6.29. The van der Waals surface area contributed by atoms with Crippen molar-refractivity contribution in [1.82, 2.24) is 65.0 Å². The van der Waals surface area contributed by atoms with Crippen LogP contribution in [0.1, 0.15) is 84.0 Å². The lowest BCUT2D eigenvalue weighted by atomic mass is 9.93. The van der Waals surface area contributed by atoms with Gasteiger partial charge in [0.25, 0.3) is 0 Å². The van der Waals surface area contributed by atoms with Crippen molar-refractivity contribution in [1.29, 1.82) is 0 Å². The zero-order chi connectivity index (χ0) is 68.5. The molecule has 3 saturated carbocycles. The summed E-state index contributed by atoms with van der Waals surface area (Å²) in [5.41, 5.74) is 9.14. The fraction of sp³-hybridized carbons (Fsp3) is 0.458. The van der Waals surface area contributed by atoms with Gasteiger partial charge in [-0.1, -0.05) is 11.6 Å². The van der Waals surface area contributed by atoms with Crippen LogP contribution in [0.3, 0.4) is 0 Å². The minimum Gasteiger partial charge on any atom is -0.488 e. The Bertz CT molecular complexity index is 4280. The molecule has 101 heavy (non-hydrogen) atoms. The Labute approximate surface area is 590 Å². The first kappa shape index (κ1) is 68.2. The zero-order valence-electron chi connectivity index (χ0n) is 56.8. The van der Waals surface area contributed by atoms with Crippen LogP contribution in [0, 0.1) is 0 Å². The maximum absolute atomic E-state index is 6.53. The van der Waals surface area contributed by atoms with E-state index in [-0.39, 0.29) is 30.4 Å². The van der Waals surface area contributed by atoms with Gasteiger partial charge in [-0.05, 0) is 114 Å². The van der Waals surface area contributed by atoms with E-state index in [0.717, 1.165) is 241 Å². The molecular weight excluding hydrogens is 1310 g/mol. The number of rotatable bonds is 19. The summed E-state index contributed by atoms with van der Waals surface area (Å²) < 4.78 is 51.9. The number of hydrogen-bond acceptors (Lipinski definition) is 28. The number of nitrogens with one attached hydrogen (secondary N) is 3. The average Bonchev–Trinajstić information content (AvgIpc) is 1.35. The van der Waals surface area contributed by atoms with E-state index in [9.17, 15) is 0 Å². The van der Waals surface area contributed by atoms with Crippen molar-refractivity contribution in [2.24, 2.45) is 0 Å². The molecule has 29 heteroatoms. The molecule has 0 bridgehead atoms. The highest BCUT2D eigenvalue weighted by Gasteiger charge is 2.29. The summed E-state index contributed by atoms with van der Waals surface area (Å²) in [6.07, 6.45) is 27.0. The van der Waals surface area contributed by atoms with E-state index >= 15 is 0 Å². The Balaban J connectivity index is 0.000000129. The van der Waals surface area contributed by atoms with Crippen molar-refractivity contribution in [3.8, 4) is 40.6 Å². The van der Waals surface area contributed by atoms with Gasteiger partial charge in [0.1, 0.15) is 62.7 Å². The fourth-order valence-corrected chi connectivity index (χ4v) is 13.8. The Kier molecular flexibility index (Phi) is 22.6. The van der Waals surface area contributed by atoms with Crippen LogP contribution in [0.2, 0.25) is 5.15 Å². The molecule has 16 rings (SSSR count). The molecule has 10 aromatic rings. The van der Waals surface area contributed by atoms with Gasteiger partial charge in [-0.3, -0.25) is 15.0 Å². The van der Waals surface area contributed by atoms with Crippen molar-refractivity contribution in [2.75, 3.05) is 123 Å². The molecule has 0 spiro atoms. The second-order valence-corrected chi connectivity index (χ2v) is 25.9. The van der Waals surface area contributed by atoms with Crippen molar-refractivity contribution in [3.05, 3.63) is 122 Å². The maximum Gasteiger partial charge on any atom is 0.319 e. The van der Waals surface area contributed by atoms with E-state index in [0.29, 0.717) is 41.4 Å². The lowest BCUT2D eigenvalue weighted by molar-refractivity contribution is 0.122. The molecule has 10 heterocycles. The summed E-state index contributed by atoms with van der Waals surface area (Å²) in [5.74, 6) is 5.81. The van der Waals surface area contributed by atoms with Crippen LogP contribution < -0.4 is 54.3 Å². The monoisotopic (exact) mass is 1390 g/mol. The predicted octanol–water partition coefficient (Wildman–Crippen LogP) is 10.9. The highest BCUT2D eigenvalue weighted by Crippen LogP contribution is 2.38. The summed E-state index contributed by atoms with van der Waals surface area (Å²) in [4.78, 5) is 55.5. The van der Waals surface area contributed by atoms with Gasteiger partial charge in [-0.2, -0.15) is 9.97 Å². The molecule has 0 atom stereocenters. The normalized spacial score (nSPS) is 20.9. The van der Waals surface area contributed by atoms with Gasteiger partial charge in [0.15, 0.2) is 0 Å². The summed E-state index contributed by atoms with van der Waals surface area (Å²) >= 11 is 6.06. The Morgan fingerprint density at radius 1 is 0.475 bits per heavy atom. The number of halogens is 1. The minimum atomic E-state index is 0.122. The topological polar surface area (TPSA) is 300 Å². The number of aromatic nitrogens is 13. The first-order valence-electron chi connectivity index (χ1n) is 35.1. The van der Waals surface area contributed by atoms with E-state index in [1.165, 1.54) is 19.8 Å². The van der Waals surface area contributed by atoms with Crippen LogP contribution in [-0.4, -0.2) is 194 Å². The van der Waals surface area contributed by atoms with Crippen LogP contribution >= 0.6 is 11.6 Å². The number of anilines is 6. The molecule has 3 aliphatic carbocycles. The van der Waals surface area contributed by atoms with Gasteiger partial charge in [0, 0.05) is 148 Å². The molecule has 6 fully saturated rings. The van der Waals surface area contributed by atoms with Crippen molar-refractivity contribution >= 4 is 79.2 Å². The van der Waals surface area contributed by atoms with Gasteiger partial charge in [-0.25, -0.2) is 29.9 Å². The van der Waals surface area contributed by atoms with E-state index in [1.807, 2.05) is 25.1 Å². The smallest absolute Gasteiger partial charge is 0.319 e. The standard InChI is InChI=1S/C25H27N7O3.C24H30N6O3.C23H27ClN6O3/c1-6-23(28-15-17(1)25-31-29-16-34-25)30-18-2-4-20(5-3-18)35-22-14-19(32-9-11-33-12-10-32)13-21-24(22)27-8-7-26-21;1-2-32-23-15-22(27-16-28-23)29-17-3-5-19(6-4-17)33-21-14-18(30-9-11-31-12-10-30)13-20-24(21)26-8-7-25-20;1-31-23-28-20(24)14-21(29-23)27-15-2-4-17(5-3-15)33-19-13-16(30-8-10-32-11-9-30)12-18-22(19)26-7-6-25-18/h1,6-8,13-16,18,20H,2-5,9-12H2,(H,28,30);7-8,13-17,19H,2-6,9-12H2,1H3,(H,27,28,29);6-7,12-15,17H,2-5,8-11H2,1H3,(H,27,28,29). The number of pyridine rings is 1. The Morgan fingerprint density at radius 2 is 0.921 bits per heavy atom. The van der Waals surface area contributed by atoms with Crippen LogP contribution in [0.15, 0.2) is 121 Å². The van der Waals surface area contributed by atoms with E-state index < -0.39 is 0 Å². The average molecular weight is 1400 g/mol. The van der Waals surface area contributed by atoms with Crippen LogP contribution in [0.25, 0.3) is 44.6 Å². The number of benzene rings is 3. The molecule has 3 aromatic carbocycles. The lowest BCUT2D eigenvalue weighted by Gasteiger charge is -2.31. The lowest BCUT2D eigenvalue weighted by Crippen LogP contribution is -2.36. The molecule has 528 valence electrons. The van der Waals surface area contributed by atoms with Crippen LogP contribution in [0.5, 0.6) is 29.1 Å². The van der Waals surface area contributed by atoms with Crippen molar-refractivity contribution < 1.29 is 42.3 Å². The highest BCUT2D eigenvalue weighted by atomic mass is 35.5. The second kappa shape index (κ2) is 33.5. The van der Waals surface area contributed by atoms with Crippen molar-refractivity contribution in [2.45, 2.75) is 120 Å². The van der Waals surface area contributed by atoms with E-state index in [4.69, 9.17) is 53.9 Å². The SMILES string of the molecule is CCOc1cc(NC2CCC(Oc3cc(N4CCOCC4)cc4nccnc34)CC2)ncn1.COc1nc(Cl)cc(NC2CCC(Oc3cc(N4CCOCC4)cc4nccnc34)CC2)n1.c1cnc2c(OC3CCC(Nc4ccc(-c5nnco5)cn4)CC3)cc(N3CCOCC3)cc2n1. The number of hydrogen-bond donors (Lipinski definition) is 3. The predicted molar refractivity (Wildman–Crippen MR) is 383 cm³/mol. The van der Waals surface area contributed by atoms with Crippen LogP contribution in [-0.2, 0) is 14.2 Å². The van der Waals surface area contributed by atoms with Gasteiger partial charge < -0.3 is 73.0 Å². The molecule has 0 unspecified atom stereocenters. The molecule has 3 aliphatic heterocycles. The number of morpholine rings is 3. The summed E-state index contributed by atoms with van der Waals surface area (Å²) in [6, 6.07) is 21.3. The third kappa shape index (κ3) is 18.0. The number of ether oxygens (including phenoxy) is 8. The Hall–Kier alpha value is -9.90. The fourth-order valence-electron chi connectivity index (χ4n) is 13.6. The maximum atomic E-state index is 6.53. The molecular formula is C72H84ClN19O9. The molecule has 7 aromatic heterocycles. The third-order valence-electron chi connectivity index (χ3n) is 18.8. The minimum absolute atomic E-state index is 0.122. The summed E-state index contributed by atoms with van der Waals surface area (Å²) in [5, 5.41) is 18.5. The first-order valence-corrected chi connectivity index (χ1v) is 35.4. The largest absolute Gasteiger partial charge is 0.488 e. The number of fused-ring (bicyclic) bond motifs is 3. The Morgan fingerprint density at radius 3 is 1.34 bits per heavy atom. The quantitative estimate of drug-likeness (QED) is 0.0634. The van der Waals surface area contributed by atoms with Gasteiger partial charge >= 0.3 is 6.01 Å².